The first kappa shape index (κ1) is 19.0. The van der Waals surface area contributed by atoms with Crippen molar-refractivity contribution in [2.75, 3.05) is 5.73 Å². The van der Waals surface area contributed by atoms with Gasteiger partial charge in [-0.05, 0) is 36.2 Å². The third-order valence-electron chi connectivity index (χ3n) is 3.98. The molecular formula is C19H21ClN4O3. The molecule has 0 atom stereocenters. The first-order chi connectivity index (χ1) is 13.1. The van der Waals surface area contributed by atoms with Gasteiger partial charge in [0.15, 0.2) is 12.4 Å². The molecule has 1 aromatic carbocycles. The molecule has 2 aromatic heterocycles. The standard InChI is InChI=1S/C19H21ClN4O3/c1-2-3-4-8-16(25)26-12-24-10-9-15-17(24)22-19(20)23-18(15)27-14-7-5-6-13(21)11-14/h5-7,9-11H,2-4,8,12,21H2,1H3. The number of carbonyl (C=O) groups is 1. The minimum atomic E-state index is -0.235. The number of fused-ring (bicyclic) bond motifs is 1. The van der Waals surface area contributed by atoms with Crippen LogP contribution in [0.2, 0.25) is 5.28 Å². The molecule has 7 nitrogen and oxygen atoms in total. The van der Waals surface area contributed by atoms with Crippen LogP contribution in [0.25, 0.3) is 11.0 Å². The Hall–Kier alpha value is -2.80. The fraction of sp³-hybridized carbons (Fsp3) is 0.316. The number of nitrogens with two attached hydrogens (primary N) is 1. The van der Waals surface area contributed by atoms with E-state index in [1.807, 2.05) is 0 Å². The number of esters is 1. The van der Waals surface area contributed by atoms with E-state index in [0.29, 0.717) is 34.8 Å². The lowest BCUT2D eigenvalue weighted by atomic mass is 10.2. The van der Waals surface area contributed by atoms with Crippen molar-refractivity contribution >= 4 is 34.3 Å². The Labute approximate surface area is 162 Å². The molecule has 2 N–H and O–H groups in total. The molecule has 0 radical (unpaired) electrons. The summed E-state index contributed by atoms with van der Waals surface area (Å²) in [6.07, 6.45) is 5.05. The number of hydrogen-bond donors (Lipinski definition) is 1. The van der Waals surface area contributed by atoms with E-state index >= 15 is 0 Å². The molecule has 0 fully saturated rings. The molecule has 8 heteroatoms. The molecule has 3 aromatic rings. The molecule has 0 aliphatic heterocycles. The van der Waals surface area contributed by atoms with E-state index in [4.69, 9.17) is 26.8 Å². The molecular weight excluding hydrogens is 368 g/mol. The summed E-state index contributed by atoms with van der Waals surface area (Å²) in [5, 5.41) is 0.694. The normalized spacial score (nSPS) is 10.9. The van der Waals surface area contributed by atoms with Crippen LogP contribution in [-0.2, 0) is 16.3 Å². The second kappa shape index (κ2) is 8.73. The third-order valence-corrected chi connectivity index (χ3v) is 4.15. The van der Waals surface area contributed by atoms with Gasteiger partial charge in [-0.1, -0.05) is 25.8 Å². The van der Waals surface area contributed by atoms with Crippen LogP contribution in [0.5, 0.6) is 11.6 Å². The maximum atomic E-state index is 11.8. The maximum Gasteiger partial charge on any atom is 0.307 e. The molecule has 3 rings (SSSR count). The van der Waals surface area contributed by atoms with Crippen molar-refractivity contribution in [1.29, 1.82) is 0 Å². The van der Waals surface area contributed by atoms with Crippen molar-refractivity contribution in [1.82, 2.24) is 14.5 Å². The first-order valence-corrected chi connectivity index (χ1v) is 9.16. The van der Waals surface area contributed by atoms with Crippen LogP contribution in [0.1, 0.15) is 32.6 Å². The van der Waals surface area contributed by atoms with Crippen LogP contribution in [0, 0.1) is 0 Å². The molecule has 0 saturated carbocycles. The fourth-order valence-electron chi connectivity index (χ4n) is 2.62. The summed E-state index contributed by atoms with van der Waals surface area (Å²) in [6, 6.07) is 8.80. The van der Waals surface area contributed by atoms with Gasteiger partial charge in [0, 0.05) is 24.4 Å². The summed E-state index contributed by atoms with van der Waals surface area (Å²) < 4.78 is 12.8. The number of benzene rings is 1. The van der Waals surface area contributed by atoms with E-state index in [0.717, 1.165) is 19.3 Å². The number of unbranched alkanes of at least 4 members (excludes halogenated alkanes) is 2. The topological polar surface area (TPSA) is 92.3 Å². The van der Waals surface area contributed by atoms with Gasteiger partial charge in [0.25, 0.3) is 0 Å². The average molecular weight is 389 g/mol. The number of ether oxygens (including phenoxy) is 2. The molecule has 0 spiro atoms. The van der Waals surface area contributed by atoms with Crippen LogP contribution in [0.4, 0.5) is 5.69 Å². The molecule has 0 aliphatic carbocycles. The number of nitrogen functional groups attached to an aromatic ring is 1. The Morgan fingerprint density at radius 2 is 2.11 bits per heavy atom. The zero-order valence-electron chi connectivity index (χ0n) is 15.0. The summed E-state index contributed by atoms with van der Waals surface area (Å²) in [5.41, 5.74) is 6.88. The lowest BCUT2D eigenvalue weighted by molar-refractivity contribution is -0.147. The summed E-state index contributed by atoms with van der Waals surface area (Å²) in [5.74, 6) is 0.617. The zero-order valence-corrected chi connectivity index (χ0v) is 15.8. The first-order valence-electron chi connectivity index (χ1n) is 8.78. The van der Waals surface area contributed by atoms with Crippen LogP contribution in [0.3, 0.4) is 0 Å². The van der Waals surface area contributed by atoms with E-state index in [1.165, 1.54) is 0 Å². The van der Waals surface area contributed by atoms with Gasteiger partial charge in [-0.25, -0.2) is 0 Å². The van der Waals surface area contributed by atoms with Gasteiger partial charge in [0.05, 0.1) is 5.39 Å². The lowest BCUT2D eigenvalue weighted by Gasteiger charge is -2.09. The molecule has 0 unspecified atom stereocenters. The lowest BCUT2D eigenvalue weighted by Crippen LogP contribution is -2.09. The van der Waals surface area contributed by atoms with Gasteiger partial charge in [0.2, 0.25) is 11.2 Å². The Morgan fingerprint density at radius 1 is 1.26 bits per heavy atom. The highest BCUT2D eigenvalue weighted by Crippen LogP contribution is 2.30. The predicted octanol–water partition coefficient (Wildman–Crippen LogP) is 4.54. The van der Waals surface area contributed by atoms with Crippen molar-refractivity contribution in [2.45, 2.75) is 39.3 Å². The Morgan fingerprint density at radius 3 is 2.89 bits per heavy atom. The number of aromatic nitrogens is 3. The van der Waals surface area contributed by atoms with Crippen LogP contribution in [0.15, 0.2) is 36.5 Å². The van der Waals surface area contributed by atoms with Crippen LogP contribution < -0.4 is 10.5 Å². The number of anilines is 1. The SMILES string of the molecule is CCCCCC(=O)OCn1ccc2c(Oc3cccc(N)c3)nc(Cl)nc21. The van der Waals surface area contributed by atoms with Gasteiger partial charge in [-0.3, -0.25) is 9.36 Å². The van der Waals surface area contributed by atoms with Crippen molar-refractivity contribution in [3.8, 4) is 11.6 Å². The summed E-state index contributed by atoms with van der Waals surface area (Å²) in [4.78, 5) is 20.2. The van der Waals surface area contributed by atoms with Gasteiger partial charge >= 0.3 is 5.97 Å². The van der Waals surface area contributed by atoms with E-state index in [1.54, 1.807) is 41.1 Å². The van der Waals surface area contributed by atoms with Gasteiger partial charge < -0.3 is 15.2 Å². The predicted molar refractivity (Wildman–Crippen MR) is 104 cm³/mol. The van der Waals surface area contributed by atoms with E-state index < -0.39 is 0 Å². The average Bonchev–Trinajstić information content (AvgIpc) is 3.03. The summed E-state index contributed by atoms with van der Waals surface area (Å²) in [7, 11) is 0. The summed E-state index contributed by atoms with van der Waals surface area (Å²) in [6.45, 7) is 2.14. The maximum absolute atomic E-state index is 11.8. The second-order valence-electron chi connectivity index (χ2n) is 6.10. The van der Waals surface area contributed by atoms with Gasteiger partial charge in [0.1, 0.15) is 5.75 Å². The Bertz CT molecular complexity index is 942. The largest absolute Gasteiger partial charge is 0.444 e. The van der Waals surface area contributed by atoms with Crippen LogP contribution >= 0.6 is 11.6 Å². The Kier molecular flexibility index (Phi) is 6.13. The molecule has 0 amide bonds. The van der Waals surface area contributed by atoms with Crippen molar-refractivity contribution < 1.29 is 14.3 Å². The number of hydrogen-bond acceptors (Lipinski definition) is 6. The monoisotopic (exact) mass is 388 g/mol. The van der Waals surface area contributed by atoms with E-state index in [-0.39, 0.29) is 18.0 Å². The smallest absolute Gasteiger partial charge is 0.307 e. The quantitative estimate of drug-likeness (QED) is 0.263. The Balaban J connectivity index is 1.77. The summed E-state index contributed by atoms with van der Waals surface area (Å²) >= 11 is 6.05. The van der Waals surface area contributed by atoms with Crippen molar-refractivity contribution in [3.63, 3.8) is 0 Å². The molecule has 142 valence electrons. The second-order valence-corrected chi connectivity index (χ2v) is 6.44. The molecule has 0 bridgehead atoms. The fourth-order valence-corrected chi connectivity index (χ4v) is 2.77. The molecule has 27 heavy (non-hydrogen) atoms. The highest BCUT2D eigenvalue weighted by Gasteiger charge is 2.14. The minimum absolute atomic E-state index is 0.0376. The zero-order chi connectivity index (χ0) is 19.2. The third kappa shape index (κ3) is 4.89. The number of nitrogens with zero attached hydrogens (tertiary/aromatic N) is 3. The number of carbonyl (C=O) groups excluding carboxylic acids is 1. The number of halogens is 1. The molecule has 0 aliphatic rings. The minimum Gasteiger partial charge on any atom is -0.444 e. The van der Waals surface area contributed by atoms with Crippen molar-refractivity contribution in [3.05, 3.63) is 41.8 Å². The molecule has 2 heterocycles. The van der Waals surface area contributed by atoms with E-state index in [9.17, 15) is 4.79 Å². The molecule has 0 saturated heterocycles. The van der Waals surface area contributed by atoms with E-state index in [2.05, 4.69) is 16.9 Å². The van der Waals surface area contributed by atoms with Crippen LogP contribution in [-0.4, -0.2) is 20.5 Å². The number of rotatable bonds is 8. The highest BCUT2D eigenvalue weighted by molar-refractivity contribution is 6.28. The van der Waals surface area contributed by atoms with Crippen molar-refractivity contribution in [2.24, 2.45) is 0 Å². The van der Waals surface area contributed by atoms with Gasteiger partial charge in [-0.15, -0.1) is 0 Å². The highest BCUT2D eigenvalue weighted by atomic mass is 35.5. The van der Waals surface area contributed by atoms with Gasteiger partial charge in [-0.2, -0.15) is 9.97 Å².